The Bertz CT molecular complexity index is 1360. The normalized spacial score (nSPS) is 18.6. The number of nitrogens with zero attached hydrogens (tertiary/aromatic N) is 2. The molecule has 0 fully saturated rings. The Balaban J connectivity index is 1.67. The number of anilines is 1. The summed E-state index contributed by atoms with van der Waals surface area (Å²) in [6.07, 6.45) is -0.374. The first-order valence-corrected chi connectivity index (χ1v) is 15.1. The maximum Gasteiger partial charge on any atom is 0.271 e. The molecule has 1 aliphatic heterocycles. The van der Waals surface area contributed by atoms with E-state index in [4.69, 9.17) is 9.47 Å². The van der Waals surface area contributed by atoms with E-state index < -0.39 is 16.1 Å². The average molecular weight is 574 g/mol. The molecule has 0 aliphatic carbocycles. The summed E-state index contributed by atoms with van der Waals surface area (Å²) >= 11 is 1.11. The molecule has 3 atom stereocenters. The van der Waals surface area contributed by atoms with Gasteiger partial charge in [0.05, 0.1) is 31.0 Å². The number of benzene rings is 2. The van der Waals surface area contributed by atoms with Gasteiger partial charge in [0.15, 0.2) is 5.75 Å². The molecule has 1 aromatic heterocycles. The molecule has 2 N–H and O–H groups in total. The van der Waals surface area contributed by atoms with E-state index in [-0.39, 0.29) is 45.7 Å². The van der Waals surface area contributed by atoms with Gasteiger partial charge in [-0.25, -0.2) is 8.42 Å². The molecule has 2 aromatic carbocycles. The molecule has 0 bridgehead atoms. The Labute approximate surface area is 234 Å². The molecule has 0 spiro atoms. The SMILES string of the molecule is COc1ccc(CN(C)C[C@H]2Oc3c(NS(=O)(=O)c4cccs4)cccc3C(=O)N([C@H](C)CO)C[C@H]2C)cc1. The van der Waals surface area contributed by atoms with Crippen molar-refractivity contribution in [2.45, 2.75) is 36.7 Å². The van der Waals surface area contributed by atoms with Crippen LogP contribution in [0.2, 0.25) is 0 Å². The van der Waals surface area contributed by atoms with Gasteiger partial charge in [0.2, 0.25) is 0 Å². The number of amides is 1. The Kier molecular flexibility index (Phi) is 9.16. The summed E-state index contributed by atoms with van der Waals surface area (Å²) in [5.41, 5.74) is 1.55. The van der Waals surface area contributed by atoms with Gasteiger partial charge < -0.3 is 19.5 Å². The molecular weight excluding hydrogens is 538 g/mol. The minimum Gasteiger partial charge on any atom is -0.497 e. The summed E-state index contributed by atoms with van der Waals surface area (Å²) in [7, 11) is -0.252. The van der Waals surface area contributed by atoms with Gasteiger partial charge in [0.25, 0.3) is 15.9 Å². The number of carbonyl (C=O) groups excluding carboxylic acids is 1. The van der Waals surface area contributed by atoms with Crippen molar-refractivity contribution in [1.82, 2.24) is 9.80 Å². The largest absolute Gasteiger partial charge is 0.497 e. The lowest BCUT2D eigenvalue weighted by molar-refractivity contribution is 0.0344. The molecule has 1 aliphatic rings. The number of nitrogens with one attached hydrogen (secondary N) is 1. The molecule has 0 radical (unpaired) electrons. The van der Waals surface area contributed by atoms with Crippen LogP contribution in [-0.2, 0) is 16.6 Å². The van der Waals surface area contributed by atoms with Crippen molar-refractivity contribution in [2.24, 2.45) is 5.92 Å². The number of carbonyl (C=O) groups is 1. The number of hydrogen-bond donors (Lipinski definition) is 2. The van der Waals surface area contributed by atoms with E-state index in [1.54, 1.807) is 48.6 Å². The van der Waals surface area contributed by atoms with Crippen molar-refractivity contribution >= 4 is 33.0 Å². The maximum absolute atomic E-state index is 13.6. The van der Waals surface area contributed by atoms with E-state index in [9.17, 15) is 18.3 Å². The lowest BCUT2D eigenvalue weighted by Crippen LogP contribution is -2.49. The number of methoxy groups -OCH3 is 1. The zero-order chi connectivity index (χ0) is 28.2. The third-order valence-corrected chi connectivity index (χ3v) is 9.56. The molecule has 210 valence electrons. The molecule has 0 saturated heterocycles. The molecule has 11 heteroatoms. The van der Waals surface area contributed by atoms with Crippen LogP contribution in [0, 0.1) is 5.92 Å². The lowest BCUT2D eigenvalue weighted by atomic mass is 9.99. The highest BCUT2D eigenvalue weighted by Crippen LogP contribution is 2.36. The first-order valence-electron chi connectivity index (χ1n) is 12.7. The minimum absolute atomic E-state index is 0.114. The Morgan fingerprint density at radius 3 is 2.59 bits per heavy atom. The fraction of sp³-hybridized carbons (Fsp3) is 0.393. The minimum atomic E-state index is -3.87. The van der Waals surface area contributed by atoms with Crippen LogP contribution in [0.25, 0.3) is 0 Å². The highest BCUT2D eigenvalue weighted by molar-refractivity contribution is 7.94. The summed E-state index contributed by atoms with van der Waals surface area (Å²) in [5.74, 6) is 0.541. The van der Waals surface area contributed by atoms with E-state index in [2.05, 4.69) is 9.62 Å². The van der Waals surface area contributed by atoms with Crippen LogP contribution < -0.4 is 14.2 Å². The first kappa shape index (κ1) is 28.9. The topological polar surface area (TPSA) is 108 Å². The van der Waals surface area contributed by atoms with Gasteiger partial charge in [0, 0.05) is 25.6 Å². The van der Waals surface area contributed by atoms with Crippen LogP contribution >= 0.6 is 11.3 Å². The van der Waals surface area contributed by atoms with Crippen molar-refractivity contribution < 1.29 is 27.8 Å². The fourth-order valence-electron chi connectivity index (χ4n) is 4.57. The van der Waals surface area contributed by atoms with E-state index >= 15 is 0 Å². The molecule has 0 saturated carbocycles. The number of thiophene rings is 1. The summed E-state index contributed by atoms with van der Waals surface area (Å²) in [5, 5.41) is 11.6. The number of rotatable bonds is 10. The second kappa shape index (κ2) is 12.4. The van der Waals surface area contributed by atoms with Crippen molar-refractivity contribution in [2.75, 3.05) is 38.6 Å². The third-order valence-electron chi connectivity index (χ3n) is 6.80. The van der Waals surface area contributed by atoms with Crippen molar-refractivity contribution in [1.29, 1.82) is 0 Å². The highest BCUT2D eigenvalue weighted by Gasteiger charge is 2.35. The third kappa shape index (κ3) is 6.73. The van der Waals surface area contributed by atoms with Gasteiger partial charge in [-0.2, -0.15) is 0 Å². The average Bonchev–Trinajstić information content (AvgIpc) is 3.47. The predicted molar refractivity (Wildman–Crippen MR) is 152 cm³/mol. The van der Waals surface area contributed by atoms with Gasteiger partial charge in [-0.3, -0.25) is 14.4 Å². The lowest BCUT2D eigenvalue weighted by Gasteiger charge is -2.38. The summed E-state index contributed by atoms with van der Waals surface area (Å²) in [4.78, 5) is 17.4. The van der Waals surface area contributed by atoms with Crippen LogP contribution in [0.1, 0.15) is 29.8 Å². The number of hydrogen-bond acceptors (Lipinski definition) is 8. The van der Waals surface area contributed by atoms with Crippen molar-refractivity contribution in [3.8, 4) is 11.5 Å². The number of aliphatic hydroxyl groups excluding tert-OH is 1. The second-order valence-electron chi connectivity index (χ2n) is 9.89. The summed E-state index contributed by atoms with van der Waals surface area (Å²) in [6.45, 7) is 5.16. The van der Waals surface area contributed by atoms with Crippen LogP contribution in [0.4, 0.5) is 5.69 Å². The number of sulfonamides is 1. The second-order valence-corrected chi connectivity index (χ2v) is 12.7. The summed E-state index contributed by atoms with van der Waals surface area (Å²) < 4.78 is 40.7. The van der Waals surface area contributed by atoms with Crippen molar-refractivity contribution in [3.05, 3.63) is 71.1 Å². The standard InChI is InChI=1S/C28H35N3O6S2/c1-19-15-31(20(2)18-32)28(33)23-7-5-8-24(29-39(34,35)26-9-6-14-38-26)27(23)37-25(19)17-30(3)16-21-10-12-22(36-4)13-11-21/h5-14,19-20,25,29,32H,15-18H2,1-4H3/t19-,20-,25-/m1/s1. The van der Waals surface area contributed by atoms with Gasteiger partial charge in [-0.1, -0.05) is 31.2 Å². The summed E-state index contributed by atoms with van der Waals surface area (Å²) in [6, 6.07) is 15.5. The Morgan fingerprint density at radius 2 is 1.95 bits per heavy atom. The highest BCUT2D eigenvalue weighted by atomic mass is 32.2. The van der Waals surface area contributed by atoms with Gasteiger partial charge in [-0.15, -0.1) is 11.3 Å². The van der Waals surface area contributed by atoms with Crippen molar-refractivity contribution in [3.63, 3.8) is 0 Å². The zero-order valence-corrected chi connectivity index (χ0v) is 24.2. The quantitative estimate of drug-likeness (QED) is 0.379. The molecule has 4 rings (SSSR count). The maximum atomic E-state index is 13.6. The molecule has 9 nitrogen and oxygen atoms in total. The fourth-order valence-corrected chi connectivity index (χ4v) is 6.62. The van der Waals surface area contributed by atoms with Gasteiger partial charge in [0.1, 0.15) is 16.1 Å². The first-order chi connectivity index (χ1) is 18.6. The van der Waals surface area contributed by atoms with Gasteiger partial charge in [-0.05, 0) is 55.2 Å². The van der Waals surface area contributed by atoms with E-state index in [1.165, 1.54) is 6.07 Å². The van der Waals surface area contributed by atoms with E-state index in [0.29, 0.717) is 19.6 Å². The van der Waals surface area contributed by atoms with E-state index in [1.807, 2.05) is 38.2 Å². The predicted octanol–water partition coefficient (Wildman–Crippen LogP) is 3.91. The monoisotopic (exact) mass is 573 g/mol. The molecule has 39 heavy (non-hydrogen) atoms. The van der Waals surface area contributed by atoms with Crippen LogP contribution in [-0.4, -0.2) is 75.2 Å². The van der Waals surface area contributed by atoms with Gasteiger partial charge >= 0.3 is 0 Å². The molecule has 2 heterocycles. The number of para-hydroxylation sites is 1. The van der Waals surface area contributed by atoms with Crippen LogP contribution in [0.5, 0.6) is 11.5 Å². The van der Waals surface area contributed by atoms with E-state index in [0.717, 1.165) is 22.6 Å². The Hall–Kier alpha value is -3.12. The molecule has 1 amide bonds. The molecule has 0 unspecified atom stereocenters. The number of fused-ring (bicyclic) bond motifs is 1. The molecule has 3 aromatic rings. The van der Waals surface area contributed by atoms with Crippen LogP contribution in [0.15, 0.2) is 64.2 Å². The van der Waals surface area contributed by atoms with Crippen LogP contribution in [0.3, 0.4) is 0 Å². The number of aliphatic hydroxyl groups is 1. The number of likely N-dealkylation sites (N-methyl/N-ethyl adjacent to an activating group) is 1. The zero-order valence-electron chi connectivity index (χ0n) is 22.5. The number of ether oxygens (including phenoxy) is 2. The molecular formula is C28H35N3O6S2. The Morgan fingerprint density at radius 1 is 1.21 bits per heavy atom. The smallest absolute Gasteiger partial charge is 0.271 e.